The van der Waals surface area contributed by atoms with Gasteiger partial charge in [-0.2, -0.15) is 5.10 Å². The summed E-state index contributed by atoms with van der Waals surface area (Å²) in [5.74, 6) is 0.790. The van der Waals surface area contributed by atoms with E-state index >= 15 is 0 Å². The van der Waals surface area contributed by atoms with Crippen molar-refractivity contribution in [3.05, 3.63) is 59.7 Å². The van der Waals surface area contributed by atoms with Gasteiger partial charge in [0.1, 0.15) is 11.8 Å². The Morgan fingerprint density at radius 2 is 1.74 bits per heavy atom. The van der Waals surface area contributed by atoms with Crippen LogP contribution in [0.2, 0.25) is 0 Å². The fraction of sp³-hybridized carbons (Fsp3) is 0.167. The van der Waals surface area contributed by atoms with Crippen molar-refractivity contribution in [2.24, 2.45) is 0 Å². The molecular formula is C18H16N4O. The first kappa shape index (κ1) is 13.7. The highest BCUT2D eigenvalue weighted by atomic mass is 16.3. The van der Waals surface area contributed by atoms with Crippen LogP contribution in [0.4, 0.5) is 0 Å². The van der Waals surface area contributed by atoms with Crippen LogP contribution in [0.5, 0.6) is 0 Å². The molecule has 0 saturated heterocycles. The van der Waals surface area contributed by atoms with E-state index in [0.29, 0.717) is 0 Å². The van der Waals surface area contributed by atoms with Gasteiger partial charge in [0.05, 0.1) is 5.69 Å². The Morgan fingerprint density at radius 3 is 2.52 bits per heavy atom. The molecule has 2 aromatic heterocycles. The molecule has 23 heavy (non-hydrogen) atoms. The van der Waals surface area contributed by atoms with Crippen molar-refractivity contribution >= 4 is 11.1 Å². The maximum Gasteiger partial charge on any atom is 0.181 e. The zero-order chi connectivity index (χ0) is 16.0. The topological polar surface area (TPSA) is 56.7 Å². The van der Waals surface area contributed by atoms with Gasteiger partial charge in [0.25, 0.3) is 0 Å². The fourth-order valence-electron chi connectivity index (χ4n) is 3.10. The van der Waals surface area contributed by atoms with Crippen molar-refractivity contribution in [2.45, 2.75) is 20.8 Å². The molecule has 0 amide bonds. The van der Waals surface area contributed by atoms with E-state index in [0.717, 1.165) is 28.2 Å². The van der Waals surface area contributed by atoms with Crippen LogP contribution in [0.1, 0.15) is 16.7 Å². The van der Waals surface area contributed by atoms with E-state index in [1.165, 1.54) is 23.1 Å². The molecule has 0 aliphatic heterocycles. The maximum atomic E-state index is 5.40. The lowest BCUT2D eigenvalue weighted by Crippen LogP contribution is -2.04. The molecule has 5 heteroatoms. The van der Waals surface area contributed by atoms with Crippen LogP contribution in [-0.4, -0.2) is 19.7 Å². The number of aromatic nitrogens is 4. The number of hydrogen-bond donors (Lipinski definition) is 0. The molecule has 4 rings (SSSR count). The Kier molecular flexibility index (Phi) is 3.01. The molecular weight excluding hydrogens is 288 g/mol. The van der Waals surface area contributed by atoms with Gasteiger partial charge in [-0.1, -0.05) is 17.7 Å². The van der Waals surface area contributed by atoms with E-state index in [9.17, 15) is 0 Å². The Morgan fingerprint density at radius 1 is 0.957 bits per heavy atom. The molecule has 0 saturated carbocycles. The zero-order valence-corrected chi connectivity index (χ0v) is 13.2. The number of rotatable bonds is 2. The maximum absolute atomic E-state index is 5.40. The lowest BCUT2D eigenvalue weighted by Gasteiger charge is -2.13. The van der Waals surface area contributed by atoms with Gasteiger partial charge in [-0.3, -0.25) is 0 Å². The summed E-state index contributed by atoms with van der Waals surface area (Å²) < 4.78 is 7.29. The van der Waals surface area contributed by atoms with Crippen molar-refractivity contribution < 1.29 is 4.42 Å². The molecule has 0 aliphatic carbocycles. The summed E-state index contributed by atoms with van der Waals surface area (Å²) >= 11 is 0. The Balaban J connectivity index is 1.92. The predicted octanol–water partition coefficient (Wildman–Crippen LogP) is 4.00. The molecule has 0 radical (unpaired) electrons. The zero-order valence-electron chi connectivity index (χ0n) is 13.2. The third kappa shape index (κ3) is 2.21. The van der Waals surface area contributed by atoms with E-state index < -0.39 is 0 Å². The second kappa shape index (κ2) is 5.05. The minimum Gasteiger partial charge on any atom is -0.443 e. The van der Waals surface area contributed by atoms with Crippen LogP contribution in [-0.2, 0) is 0 Å². The van der Waals surface area contributed by atoms with Gasteiger partial charge in [-0.05, 0) is 50.1 Å². The van der Waals surface area contributed by atoms with Gasteiger partial charge in [-0.25, -0.2) is 14.6 Å². The fourth-order valence-corrected chi connectivity index (χ4v) is 3.10. The van der Waals surface area contributed by atoms with Crippen LogP contribution < -0.4 is 0 Å². The quantitative estimate of drug-likeness (QED) is 0.561. The molecule has 0 N–H and O–H groups in total. The smallest absolute Gasteiger partial charge is 0.181 e. The Hall–Kier alpha value is -2.95. The van der Waals surface area contributed by atoms with Gasteiger partial charge in [0.15, 0.2) is 17.8 Å². The second-order valence-corrected chi connectivity index (χ2v) is 5.78. The first-order chi connectivity index (χ1) is 11.1. The van der Waals surface area contributed by atoms with Gasteiger partial charge in [0.2, 0.25) is 0 Å². The summed E-state index contributed by atoms with van der Waals surface area (Å²) in [4.78, 5) is 8.60. The van der Waals surface area contributed by atoms with Crippen molar-refractivity contribution in [2.75, 3.05) is 0 Å². The standard InChI is InChI=1S/C18H16N4O/c1-11-6-12(2)17(13(3)7-11)22-18(19-9-21-22)14-4-5-15-16(8-14)23-10-20-15/h4-10H,1-3H3. The highest BCUT2D eigenvalue weighted by molar-refractivity contribution is 5.78. The summed E-state index contributed by atoms with van der Waals surface area (Å²) in [5.41, 5.74) is 7.20. The van der Waals surface area contributed by atoms with E-state index in [1.807, 2.05) is 22.9 Å². The van der Waals surface area contributed by atoms with Crippen LogP contribution in [0.25, 0.3) is 28.2 Å². The summed E-state index contributed by atoms with van der Waals surface area (Å²) in [6, 6.07) is 10.2. The van der Waals surface area contributed by atoms with Crippen LogP contribution in [0, 0.1) is 20.8 Å². The Labute approximate surface area is 133 Å². The number of benzene rings is 2. The monoisotopic (exact) mass is 304 g/mol. The predicted molar refractivity (Wildman–Crippen MR) is 88.6 cm³/mol. The molecule has 114 valence electrons. The minimum absolute atomic E-state index is 0.745. The average Bonchev–Trinajstić information content (AvgIpc) is 3.13. The van der Waals surface area contributed by atoms with Crippen molar-refractivity contribution in [3.8, 4) is 17.1 Å². The lowest BCUT2D eigenvalue weighted by atomic mass is 10.0. The molecule has 4 aromatic rings. The molecule has 0 spiro atoms. The van der Waals surface area contributed by atoms with Gasteiger partial charge in [0, 0.05) is 5.56 Å². The average molecular weight is 304 g/mol. The number of nitrogens with zero attached hydrogens (tertiary/aromatic N) is 4. The molecule has 0 bridgehead atoms. The third-order valence-corrected chi connectivity index (χ3v) is 3.98. The number of oxazole rings is 1. The third-order valence-electron chi connectivity index (χ3n) is 3.98. The normalized spacial score (nSPS) is 11.3. The Bertz CT molecular complexity index is 990. The van der Waals surface area contributed by atoms with Crippen LogP contribution >= 0.6 is 0 Å². The largest absolute Gasteiger partial charge is 0.443 e. The molecule has 0 atom stereocenters. The highest BCUT2D eigenvalue weighted by Gasteiger charge is 2.14. The van der Waals surface area contributed by atoms with Crippen molar-refractivity contribution in [1.29, 1.82) is 0 Å². The highest BCUT2D eigenvalue weighted by Crippen LogP contribution is 2.27. The summed E-state index contributed by atoms with van der Waals surface area (Å²) in [6.07, 6.45) is 3.03. The van der Waals surface area contributed by atoms with Gasteiger partial charge in [-0.15, -0.1) is 0 Å². The molecule has 2 heterocycles. The molecule has 2 aromatic carbocycles. The molecule has 0 aliphatic rings. The summed E-state index contributed by atoms with van der Waals surface area (Å²) in [6.45, 7) is 6.30. The van der Waals surface area contributed by atoms with E-state index in [-0.39, 0.29) is 0 Å². The molecule has 0 fully saturated rings. The molecule has 5 nitrogen and oxygen atoms in total. The summed E-state index contributed by atoms with van der Waals surface area (Å²) in [7, 11) is 0. The van der Waals surface area contributed by atoms with Gasteiger partial charge < -0.3 is 4.42 Å². The number of fused-ring (bicyclic) bond motifs is 1. The number of aryl methyl sites for hydroxylation is 3. The van der Waals surface area contributed by atoms with Crippen LogP contribution in [0.15, 0.2) is 47.5 Å². The minimum atomic E-state index is 0.745. The van der Waals surface area contributed by atoms with E-state index in [1.54, 1.807) is 6.33 Å². The van der Waals surface area contributed by atoms with Crippen LogP contribution in [0.3, 0.4) is 0 Å². The number of hydrogen-bond acceptors (Lipinski definition) is 4. The van der Waals surface area contributed by atoms with E-state index in [4.69, 9.17) is 4.42 Å². The van der Waals surface area contributed by atoms with E-state index in [2.05, 4.69) is 48.0 Å². The lowest BCUT2D eigenvalue weighted by molar-refractivity contribution is 0.602. The first-order valence-electron chi connectivity index (χ1n) is 7.45. The first-order valence-corrected chi connectivity index (χ1v) is 7.45. The van der Waals surface area contributed by atoms with Gasteiger partial charge >= 0.3 is 0 Å². The van der Waals surface area contributed by atoms with Crippen molar-refractivity contribution in [1.82, 2.24) is 19.7 Å². The summed E-state index contributed by atoms with van der Waals surface area (Å²) in [5, 5.41) is 4.44. The SMILES string of the molecule is Cc1cc(C)c(-n2ncnc2-c2ccc3ncoc3c2)c(C)c1. The second-order valence-electron chi connectivity index (χ2n) is 5.78. The molecule has 0 unspecified atom stereocenters. The van der Waals surface area contributed by atoms with Crippen molar-refractivity contribution in [3.63, 3.8) is 0 Å².